The molecule has 1 saturated heterocycles. The molecule has 1 unspecified atom stereocenters. The van der Waals surface area contributed by atoms with Gasteiger partial charge in [0.1, 0.15) is 15.3 Å². The summed E-state index contributed by atoms with van der Waals surface area (Å²) in [6.45, 7) is 3.97. The number of carbonyl (C=O) groups is 1. The van der Waals surface area contributed by atoms with Crippen molar-refractivity contribution >= 4 is 49.4 Å². The van der Waals surface area contributed by atoms with Gasteiger partial charge in [0.15, 0.2) is 5.16 Å². The summed E-state index contributed by atoms with van der Waals surface area (Å²) in [5.41, 5.74) is 1.23. The molecule has 1 amide bonds. The molecule has 1 fully saturated rings. The second-order valence-corrected chi connectivity index (χ2v) is 10.4. The number of carbonyl (C=O) groups excluding carboxylic acids is 1. The fourth-order valence-electron chi connectivity index (χ4n) is 4.20. The summed E-state index contributed by atoms with van der Waals surface area (Å²) in [5, 5.41) is 1.32. The molecule has 9 heteroatoms. The number of rotatable bonds is 5. The summed E-state index contributed by atoms with van der Waals surface area (Å²) in [5.74, 6) is 0.454. The molecule has 0 N–H and O–H groups in total. The summed E-state index contributed by atoms with van der Waals surface area (Å²) < 4.78 is 15.5. The molecule has 0 saturated carbocycles. The van der Waals surface area contributed by atoms with Gasteiger partial charge in [-0.25, -0.2) is 14.4 Å². The minimum absolute atomic E-state index is 0.0612. The minimum atomic E-state index is -0.328. The number of pyridine rings is 1. The summed E-state index contributed by atoms with van der Waals surface area (Å²) in [6.07, 6.45) is 3.86. The van der Waals surface area contributed by atoms with Crippen molar-refractivity contribution in [1.29, 1.82) is 0 Å². The number of nitrogens with zero attached hydrogens (tertiary/aromatic N) is 4. The average molecular weight is 483 g/mol. The molecule has 1 aliphatic rings. The Balaban J connectivity index is 1.52. The molecule has 4 aromatic rings. The maximum Gasteiger partial charge on any atom is 0.272 e. The number of fused-ring (bicyclic) bond motifs is 3. The Morgan fingerprint density at radius 3 is 2.88 bits per heavy atom. The summed E-state index contributed by atoms with van der Waals surface area (Å²) in [7, 11) is 0. The fourth-order valence-corrected chi connectivity index (χ4v) is 6.12. The van der Waals surface area contributed by atoms with E-state index >= 15 is 0 Å². The fraction of sp³-hybridized carbons (Fsp3) is 0.333. The number of thiophene rings is 1. The quantitative estimate of drug-likeness (QED) is 0.309. The van der Waals surface area contributed by atoms with E-state index in [2.05, 4.69) is 11.9 Å². The number of hydrogen-bond donors (Lipinski definition) is 0. The number of piperidine rings is 1. The molecule has 1 aliphatic heterocycles. The monoisotopic (exact) mass is 482 g/mol. The van der Waals surface area contributed by atoms with Gasteiger partial charge in [-0.05, 0) is 48.6 Å². The molecule has 1 atom stereocenters. The van der Waals surface area contributed by atoms with E-state index in [1.807, 2.05) is 17.0 Å². The molecule has 0 spiro atoms. The maximum atomic E-state index is 13.5. The standard InChI is InChI=1S/C24H23FN4O2S2/c1-15-4-3-11-28(12-15)19(30)14-32-24-27-20-18-5-2-10-26-22(18)33-21(20)23(31)29(24)13-16-6-8-17(25)9-7-16/h2,5-10,15H,3-4,11-14H2,1H3. The van der Waals surface area contributed by atoms with E-state index in [1.165, 1.54) is 35.2 Å². The van der Waals surface area contributed by atoms with E-state index in [0.29, 0.717) is 21.3 Å². The zero-order chi connectivity index (χ0) is 22.9. The predicted molar refractivity (Wildman–Crippen MR) is 130 cm³/mol. The highest BCUT2D eigenvalue weighted by atomic mass is 32.2. The van der Waals surface area contributed by atoms with Crippen molar-refractivity contribution in [2.45, 2.75) is 31.5 Å². The van der Waals surface area contributed by atoms with E-state index in [0.717, 1.165) is 41.7 Å². The maximum absolute atomic E-state index is 13.5. The van der Waals surface area contributed by atoms with E-state index in [-0.39, 0.29) is 29.6 Å². The minimum Gasteiger partial charge on any atom is -0.342 e. The van der Waals surface area contributed by atoms with Crippen LogP contribution in [-0.4, -0.2) is 44.2 Å². The number of aromatic nitrogens is 3. The van der Waals surface area contributed by atoms with Gasteiger partial charge in [0, 0.05) is 24.7 Å². The van der Waals surface area contributed by atoms with Crippen LogP contribution in [0.4, 0.5) is 4.39 Å². The average Bonchev–Trinajstić information content (AvgIpc) is 3.20. The molecule has 170 valence electrons. The van der Waals surface area contributed by atoms with Gasteiger partial charge < -0.3 is 4.90 Å². The summed E-state index contributed by atoms with van der Waals surface area (Å²) in [4.78, 5) is 38.2. The lowest BCUT2D eigenvalue weighted by molar-refractivity contribution is -0.130. The van der Waals surface area contributed by atoms with E-state index < -0.39 is 0 Å². The van der Waals surface area contributed by atoms with Gasteiger partial charge in [0.05, 0.1) is 17.8 Å². The Labute approximate surface area is 198 Å². The molecule has 0 bridgehead atoms. The van der Waals surface area contributed by atoms with Crippen molar-refractivity contribution in [2.75, 3.05) is 18.8 Å². The van der Waals surface area contributed by atoms with Crippen LogP contribution in [0.1, 0.15) is 25.3 Å². The Hall–Kier alpha value is -2.78. The van der Waals surface area contributed by atoms with Gasteiger partial charge in [-0.1, -0.05) is 30.8 Å². The Kier molecular flexibility index (Phi) is 6.16. The van der Waals surface area contributed by atoms with Gasteiger partial charge in [-0.15, -0.1) is 11.3 Å². The number of thioether (sulfide) groups is 1. The van der Waals surface area contributed by atoms with Crippen LogP contribution in [0.2, 0.25) is 0 Å². The van der Waals surface area contributed by atoms with Crippen LogP contribution in [0.15, 0.2) is 52.5 Å². The first-order chi connectivity index (χ1) is 16.0. The highest BCUT2D eigenvalue weighted by molar-refractivity contribution is 7.99. The van der Waals surface area contributed by atoms with Crippen LogP contribution < -0.4 is 5.56 Å². The van der Waals surface area contributed by atoms with Crippen LogP contribution in [0.5, 0.6) is 0 Å². The van der Waals surface area contributed by atoms with Crippen molar-refractivity contribution in [1.82, 2.24) is 19.4 Å². The first kappa shape index (κ1) is 22.0. The number of halogens is 1. The molecule has 6 nitrogen and oxygen atoms in total. The van der Waals surface area contributed by atoms with Crippen molar-refractivity contribution in [3.63, 3.8) is 0 Å². The van der Waals surface area contributed by atoms with Crippen LogP contribution in [0.25, 0.3) is 20.4 Å². The van der Waals surface area contributed by atoms with Crippen LogP contribution in [-0.2, 0) is 11.3 Å². The Morgan fingerprint density at radius 2 is 2.09 bits per heavy atom. The lowest BCUT2D eigenvalue weighted by Gasteiger charge is -2.30. The third-order valence-corrected chi connectivity index (χ3v) is 7.96. The highest BCUT2D eigenvalue weighted by Gasteiger charge is 2.23. The number of likely N-dealkylation sites (tertiary alicyclic amines) is 1. The molecule has 0 radical (unpaired) electrons. The van der Waals surface area contributed by atoms with E-state index in [4.69, 9.17) is 4.98 Å². The van der Waals surface area contributed by atoms with Crippen LogP contribution in [0, 0.1) is 11.7 Å². The molecule has 33 heavy (non-hydrogen) atoms. The second kappa shape index (κ2) is 9.23. The Bertz CT molecular complexity index is 1380. The SMILES string of the molecule is CC1CCCN(C(=O)CSc2nc3c(sc4ncccc43)c(=O)n2Cc2ccc(F)cc2)C1. The number of benzene rings is 1. The first-order valence-corrected chi connectivity index (χ1v) is 12.7. The molecular formula is C24H23FN4O2S2. The molecule has 5 rings (SSSR count). The van der Waals surface area contributed by atoms with Crippen molar-refractivity contribution in [3.8, 4) is 0 Å². The lowest BCUT2D eigenvalue weighted by atomic mass is 10.0. The zero-order valence-corrected chi connectivity index (χ0v) is 19.8. The van der Waals surface area contributed by atoms with Gasteiger partial charge in [-0.3, -0.25) is 14.2 Å². The largest absolute Gasteiger partial charge is 0.342 e. The van der Waals surface area contributed by atoms with Crippen molar-refractivity contribution in [3.05, 3.63) is 64.3 Å². The summed E-state index contributed by atoms with van der Waals surface area (Å²) >= 11 is 2.60. The van der Waals surface area contributed by atoms with Gasteiger partial charge in [0.2, 0.25) is 5.91 Å². The predicted octanol–water partition coefficient (Wildman–Crippen LogP) is 4.54. The topological polar surface area (TPSA) is 68.1 Å². The molecule has 1 aromatic carbocycles. The third-order valence-electron chi connectivity index (χ3n) is 5.91. The Morgan fingerprint density at radius 1 is 1.27 bits per heavy atom. The van der Waals surface area contributed by atoms with E-state index in [1.54, 1.807) is 22.9 Å². The molecule has 3 aromatic heterocycles. The third kappa shape index (κ3) is 4.52. The number of amides is 1. The smallest absolute Gasteiger partial charge is 0.272 e. The van der Waals surface area contributed by atoms with Gasteiger partial charge in [0.25, 0.3) is 5.56 Å². The zero-order valence-electron chi connectivity index (χ0n) is 18.2. The summed E-state index contributed by atoms with van der Waals surface area (Å²) in [6, 6.07) is 9.81. The van der Waals surface area contributed by atoms with E-state index in [9.17, 15) is 14.0 Å². The molecular weight excluding hydrogens is 459 g/mol. The van der Waals surface area contributed by atoms with Crippen molar-refractivity contribution < 1.29 is 9.18 Å². The number of hydrogen-bond acceptors (Lipinski definition) is 6. The van der Waals surface area contributed by atoms with Crippen molar-refractivity contribution in [2.24, 2.45) is 5.92 Å². The lowest BCUT2D eigenvalue weighted by Crippen LogP contribution is -2.40. The van der Waals surface area contributed by atoms with Gasteiger partial charge in [-0.2, -0.15) is 0 Å². The molecule has 4 heterocycles. The highest BCUT2D eigenvalue weighted by Crippen LogP contribution is 2.31. The van der Waals surface area contributed by atoms with Gasteiger partial charge >= 0.3 is 0 Å². The van der Waals surface area contributed by atoms with Crippen LogP contribution >= 0.6 is 23.1 Å². The normalized spacial score (nSPS) is 16.5. The second-order valence-electron chi connectivity index (χ2n) is 8.42. The molecule has 0 aliphatic carbocycles. The first-order valence-electron chi connectivity index (χ1n) is 10.9. The van der Waals surface area contributed by atoms with Crippen LogP contribution in [0.3, 0.4) is 0 Å².